The van der Waals surface area contributed by atoms with Gasteiger partial charge in [-0.3, -0.25) is 0 Å². The molecule has 0 bridgehead atoms. The Morgan fingerprint density at radius 3 is 2.63 bits per heavy atom. The van der Waals surface area contributed by atoms with Crippen LogP contribution in [0.5, 0.6) is 11.5 Å². The summed E-state index contributed by atoms with van der Waals surface area (Å²) in [7, 11) is 3.17. The lowest BCUT2D eigenvalue weighted by Gasteiger charge is -2.15. The van der Waals surface area contributed by atoms with Gasteiger partial charge >= 0.3 is 6.03 Å². The first kappa shape index (κ1) is 18.8. The second kappa shape index (κ2) is 9.14. The van der Waals surface area contributed by atoms with Gasteiger partial charge in [-0.25, -0.2) is 4.79 Å². The Morgan fingerprint density at radius 1 is 1.11 bits per heavy atom. The fourth-order valence-corrected chi connectivity index (χ4v) is 3.59. The molecule has 3 rings (SSSR count). The van der Waals surface area contributed by atoms with Crippen LogP contribution < -0.4 is 20.1 Å². The number of ether oxygens (including phenoxy) is 2. The molecule has 2 N–H and O–H groups in total. The lowest BCUT2D eigenvalue weighted by Crippen LogP contribution is -2.37. The number of furan rings is 1. The molecule has 0 aliphatic rings. The van der Waals surface area contributed by atoms with E-state index in [4.69, 9.17) is 13.9 Å². The number of methoxy groups -OCH3 is 2. The van der Waals surface area contributed by atoms with Gasteiger partial charge in [0.2, 0.25) is 0 Å². The standard InChI is InChI=1S/C20H22N2O4S/c1-24-17-8-7-14(11-18(17)25-2)12-21-20(23)22-13-15(16-5-3-9-26-16)19-6-4-10-27-19/h3-11,15H,12-13H2,1-2H3,(H2,21,22,23). The van der Waals surface area contributed by atoms with Gasteiger partial charge in [-0.15, -0.1) is 11.3 Å². The lowest BCUT2D eigenvalue weighted by molar-refractivity contribution is 0.240. The van der Waals surface area contributed by atoms with Gasteiger partial charge in [0.25, 0.3) is 0 Å². The Bertz CT molecular complexity index is 813. The Morgan fingerprint density at radius 2 is 1.96 bits per heavy atom. The Balaban J connectivity index is 1.56. The van der Waals surface area contributed by atoms with Crippen LogP contribution in [0.25, 0.3) is 0 Å². The monoisotopic (exact) mass is 386 g/mol. The number of hydrogen-bond acceptors (Lipinski definition) is 5. The highest BCUT2D eigenvalue weighted by atomic mass is 32.1. The first-order chi connectivity index (χ1) is 13.2. The minimum absolute atomic E-state index is 0.00756. The molecule has 27 heavy (non-hydrogen) atoms. The van der Waals surface area contributed by atoms with Gasteiger partial charge in [-0.1, -0.05) is 12.1 Å². The van der Waals surface area contributed by atoms with Crippen LogP contribution in [0.3, 0.4) is 0 Å². The number of hydrogen-bond donors (Lipinski definition) is 2. The van der Waals surface area contributed by atoms with E-state index >= 15 is 0 Å². The molecule has 0 aliphatic heterocycles. The third-order valence-corrected chi connectivity index (χ3v) is 5.13. The molecular weight excluding hydrogens is 364 g/mol. The predicted molar refractivity (Wildman–Crippen MR) is 105 cm³/mol. The van der Waals surface area contributed by atoms with Crippen molar-refractivity contribution >= 4 is 17.4 Å². The number of benzene rings is 1. The van der Waals surface area contributed by atoms with E-state index in [9.17, 15) is 4.79 Å². The highest BCUT2D eigenvalue weighted by molar-refractivity contribution is 7.10. The van der Waals surface area contributed by atoms with E-state index in [1.165, 1.54) is 0 Å². The maximum atomic E-state index is 12.2. The number of carbonyl (C=O) groups is 1. The molecule has 2 aromatic heterocycles. The number of urea groups is 1. The van der Waals surface area contributed by atoms with Crippen molar-refractivity contribution in [1.29, 1.82) is 0 Å². The van der Waals surface area contributed by atoms with Gasteiger partial charge in [-0.05, 0) is 41.3 Å². The smallest absolute Gasteiger partial charge is 0.315 e. The average molecular weight is 386 g/mol. The second-order valence-corrected chi connectivity index (χ2v) is 6.82. The zero-order valence-corrected chi connectivity index (χ0v) is 16.0. The van der Waals surface area contributed by atoms with Crippen molar-refractivity contribution in [2.45, 2.75) is 12.5 Å². The molecular formula is C20H22N2O4S. The summed E-state index contributed by atoms with van der Waals surface area (Å²) in [6.07, 6.45) is 1.65. The molecule has 6 nitrogen and oxygen atoms in total. The fourth-order valence-electron chi connectivity index (χ4n) is 2.75. The summed E-state index contributed by atoms with van der Waals surface area (Å²) >= 11 is 1.64. The van der Waals surface area contributed by atoms with Crippen molar-refractivity contribution in [2.75, 3.05) is 20.8 Å². The zero-order valence-electron chi connectivity index (χ0n) is 15.2. The van der Waals surface area contributed by atoms with Gasteiger partial charge in [0.1, 0.15) is 5.76 Å². The van der Waals surface area contributed by atoms with Crippen LogP contribution in [-0.4, -0.2) is 26.8 Å². The molecule has 0 aliphatic carbocycles. The van der Waals surface area contributed by atoms with E-state index in [-0.39, 0.29) is 11.9 Å². The Labute approximate surface area is 162 Å². The van der Waals surface area contributed by atoms with Crippen LogP contribution in [-0.2, 0) is 6.54 Å². The number of nitrogens with one attached hydrogen (secondary N) is 2. The highest BCUT2D eigenvalue weighted by Crippen LogP contribution is 2.28. The highest BCUT2D eigenvalue weighted by Gasteiger charge is 2.19. The average Bonchev–Trinajstić information content (AvgIpc) is 3.41. The van der Waals surface area contributed by atoms with Gasteiger partial charge in [-0.2, -0.15) is 0 Å². The molecule has 7 heteroatoms. The second-order valence-electron chi connectivity index (χ2n) is 5.84. The predicted octanol–water partition coefficient (Wildman–Crippen LogP) is 3.99. The minimum Gasteiger partial charge on any atom is -0.493 e. The summed E-state index contributed by atoms with van der Waals surface area (Å²) in [6, 6.07) is 13.1. The summed E-state index contributed by atoms with van der Waals surface area (Å²) < 4.78 is 16.0. The molecule has 142 valence electrons. The molecule has 2 heterocycles. The van der Waals surface area contributed by atoms with Crippen LogP contribution >= 0.6 is 11.3 Å². The molecule has 1 aromatic carbocycles. The first-order valence-corrected chi connectivity index (χ1v) is 9.38. The van der Waals surface area contributed by atoms with Gasteiger partial charge in [0.15, 0.2) is 11.5 Å². The lowest BCUT2D eigenvalue weighted by atomic mass is 10.1. The fraction of sp³-hybridized carbons (Fsp3) is 0.250. The van der Waals surface area contributed by atoms with E-state index in [0.29, 0.717) is 24.6 Å². The molecule has 0 saturated heterocycles. The van der Waals surface area contributed by atoms with E-state index in [1.807, 2.05) is 47.8 Å². The van der Waals surface area contributed by atoms with E-state index < -0.39 is 0 Å². The van der Waals surface area contributed by atoms with Crippen LogP contribution in [0.15, 0.2) is 58.5 Å². The minimum atomic E-state index is -0.238. The van der Waals surface area contributed by atoms with Gasteiger partial charge < -0.3 is 24.5 Å². The first-order valence-electron chi connectivity index (χ1n) is 8.50. The normalized spacial score (nSPS) is 11.6. The van der Waals surface area contributed by atoms with Crippen molar-refractivity contribution in [3.63, 3.8) is 0 Å². The maximum Gasteiger partial charge on any atom is 0.315 e. The van der Waals surface area contributed by atoms with Gasteiger partial charge in [0, 0.05) is 18.0 Å². The number of rotatable bonds is 8. The molecule has 2 amide bonds. The largest absolute Gasteiger partial charge is 0.493 e. The molecule has 0 spiro atoms. The Hall–Kier alpha value is -2.93. The van der Waals surface area contributed by atoms with Gasteiger partial charge in [0.05, 0.1) is 26.4 Å². The molecule has 0 radical (unpaired) electrons. The van der Waals surface area contributed by atoms with Crippen LogP contribution in [0.1, 0.15) is 22.1 Å². The quantitative estimate of drug-likeness (QED) is 0.614. The van der Waals surface area contributed by atoms with E-state index in [1.54, 1.807) is 31.8 Å². The van der Waals surface area contributed by atoms with Crippen molar-refractivity contribution in [3.8, 4) is 11.5 Å². The zero-order chi connectivity index (χ0) is 19.1. The van der Waals surface area contributed by atoms with Crippen molar-refractivity contribution in [3.05, 3.63) is 70.3 Å². The molecule has 0 saturated carbocycles. The third-order valence-electron chi connectivity index (χ3n) is 4.14. The summed E-state index contributed by atoms with van der Waals surface area (Å²) in [5, 5.41) is 7.80. The number of thiophene rings is 1. The topological polar surface area (TPSA) is 72.7 Å². The van der Waals surface area contributed by atoms with E-state index in [2.05, 4.69) is 10.6 Å². The van der Waals surface area contributed by atoms with Crippen molar-refractivity contribution in [2.24, 2.45) is 0 Å². The summed E-state index contributed by atoms with van der Waals surface area (Å²) in [4.78, 5) is 13.4. The number of amides is 2. The van der Waals surface area contributed by atoms with Crippen LogP contribution in [0.2, 0.25) is 0 Å². The maximum absolute atomic E-state index is 12.2. The molecule has 0 fully saturated rings. The number of carbonyl (C=O) groups excluding carboxylic acids is 1. The summed E-state index contributed by atoms with van der Waals surface area (Å²) in [5.41, 5.74) is 0.920. The van der Waals surface area contributed by atoms with Crippen LogP contribution in [0, 0.1) is 0 Å². The van der Waals surface area contributed by atoms with Crippen molar-refractivity contribution < 1.29 is 18.7 Å². The summed E-state index contributed by atoms with van der Waals surface area (Å²) in [5.74, 6) is 2.11. The molecule has 3 aromatic rings. The third kappa shape index (κ3) is 4.83. The SMILES string of the molecule is COc1ccc(CNC(=O)NCC(c2ccco2)c2cccs2)cc1OC. The molecule has 1 atom stereocenters. The van der Waals surface area contributed by atoms with Crippen LogP contribution in [0.4, 0.5) is 4.79 Å². The molecule has 1 unspecified atom stereocenters. The van der Waals surface area contributed by atoms with E-state index in [0.717, 1.165) is 16.2 Å². The summed E-state index contributed by atoms with van der Waals surface area (Å²) in [6.45, 7) is 0.836. The Kier molecular flexibility index (Phi) is 6.38. The van der Waals surface area contributed by atoms with Crippen molar-refractivity contribution in [1.82, 2.24) is 10.6 Å².